The minimum Gasteiger partial charge on any atom is -0.396 e. The summed E-state index contributed by atoms with van der Waals surface area (Å²) in [5.41, 5.74) is 3.94. The Morgan fingerprint density at radius 1 is 1.05 bits per heavy atom. The van der Waals surface area contributed by atoms with Gasteiger partial charge in [0, 0.05) is 24.4 Å². The zero-order valence-electron chi connectivity index (χ0n) is 11.2. The molecule has 0 aromatic heterocycles. The molecular formula is C17H17NO2. The lowest BCUT2D eigenvalue weighted by Gasteiger charge is -2.28. The van der Waals surface area contributed by atoms with Gasteiger partial charge in [-0.3, -0.25) is 4.79 Å². The Hall–Kier alpha value is -2.13. The Balaban J connectivity index is 1.87. The molecule has 2 aromatic rings. The number of carbonyl (C=O) groups excluding carboxylic acids is 1. The molecule has 0 saturated heterocycles. The lowest BCUT2D eigenvalue weighted by Crippen LogP contribution is -2.37. The Bertz CT molecular complexity index is 619. The molecule has 102 valence electrons. The highest BCUT2D eigenvalue weighted by atomic mass is 16.3. The molecule has 3 nitrogen and oxygen atoms in total. The van der Waals surface area contributed by atoms with Gasteiger partial charge in [0.05, 0.1) is 0 Å². The molecule has 0 aliphatic carbocycles. The van der Waals surface area contributed by atoms with Crippen LogP contribution in [0.25, 0.3) is 0 Å². The topological polar surface area (TPSA) is 40.5 Å². The van der Waals surface area contributed by atoms with Gasteiger partial charge < -0.3 is 10.0 Å². The van der Waals surface area contributed by atoms with Gasteiger partial charge in [0.2, 0.25) is 0 Å². The third-order valence-corrected chi connectivity index (χ3v) is 3.75. The summed E-state index contributed by atoms with van der Waals surface area (Å²) in [6, 6.07) is 15.7. The van der Waals surface area contributed by atoms with Gasteiger partial charge in [-0.05, 0) is 42.2 Å². The van der Waals surface area contributed by atoms with Gasteiger partial charge in [0.25, 0.3) is 5.91 Å². The van der Waals surface area contributed by atoms with Crippen molar-refractivity contribution in [2.45, 2.75) is 12.8 Å². The van der Waals surface area contributed by atoms with Crippen molar-refractivity contribution in [3.05, 3.63) is 65.2 Å². The van der Waals surface area contributed by atoms with E-state index in [1.54, 1.807) is 0 Å². The number of hydrogen-bond acceptors (Lipinski definition) is 2. The maximum atomic E-state index is 12.5. The molecule has 0 radical (unpaired) electrons. The van der Waals surface area contributed by atoms with Crippen LogP contribution in [-0.4, -0.2) is 24.2 Å². The highest BCUT2D eigenvalue weighted by Gasteiger charge is 2.24. The Kier molecular flexibility index (Phi) is 3.52. The minimum absolute atomic E-state index is 0.0711. The molecule has 0 bridgehead atoms. The van der Waals surface area contributed by atoms with Crippen molar-refractivity contribution in [1.29, 1.82) is 0 Å². The number of hydrogen-bond donors (Lipinski definition) is 1. The van der Waals surface area contributed by atoms with Gasteiger partial charge in [-0.2, -0.15) is 0 Å². The molecular weight excluding hydrogens is 250 g/mol. The fourth-order valence-electron chi connectivity index (χ4n) is 2.64. The average Bonchev–Trinajstić information content (AvgIpc) is 2.49. The van der Waals surface area contributed by atoms with Crippen LogP contribution < -0.4 is 4.90 Å². The van der Waals surface area contributed by atoms with Crippen LogP contribution in [-0.2, 0) is 12.8 Å². The molecule has 1 aliphatic heterocycles. The second-order valence-electron chi connectivity index (χ2n) is 5.00. The van der Waals surface area contributed by atoms with Crippen molar-refractivity contribution < 1.29 is 9.90 Å². The first-order valence-electron chi connectivity index (χ1n) is 6.89. The highest BCUT2D eigenvalue weighted by Crippen LogP contribution is 2.24. The summed E-state index contributed by atoms with van der Waals surface area (Å²) < 4.78 is 0. The third-order valence-electron chi connectivity index (χ3n) is 3.75. The summed E-state index contributed by atoms with van der Waals surface area (Å²) in [6.45, 7) is 0.866. The van der Waals surface area contributed by atoms with Gasteiger partial charge >= 0.3 is 0 Å². The monoisotopic (exact) mass is 267 g/mol. The first-order valence-corrected chi connectivity index (χ1v) is 6.89. The molecule has 0 atom stereocenters. The van der Waals surface area contributed by atoms with Crippen LogP contribution in [0.2, 0.25) is 0 Å². The standard InChI is InChI=1S/C17H17NO2/c19-12-10-13-5-7-15(8-6-13)18-11-9-14-3-1-2-4-16(14)17(18)20/h1-8,19H,9-12H2. The third kappa shape index (κ3) is 2.32. The van der Waals surface area contributed by atoms with Crippen LogP contribution in [0.5, 0.6) is 0 Å². The predicted octanol–water partition coefficient (Wildman–Crippen LogP) is 2.42. The molecule has 20 heavy (non-hydrogen) atoms. The molecule has 3 heteroatoms. The molecule has 1 aliphatic rings. The molecule has 0 saturated carbocycles. The molecule has 3 rings (SSSR count). The van der Waals surface area contributed by atoms with E-state index in [1.807, 2.05) is 53.4 Å². The number of anilines is 1. The SMILES string of the molecule is O=C1c2ccccc2CCN1c1ccc(CCO)cc1. The second-order valence-corrected chi connectivity index (χ2v) is 5.00. The molecule has 0 unspecified atom stereocenters. The maximum Gasteiger partial charge on any atom is 0.258 e. The molecule has 1 amide bonds. The number of nitrogens with zero attached hydrogens (tertiary/aromatic N) is 1. The minimum atomic E-state index is 0.0711. The van der Waals surface area contributed by atoms with Crippen molar-refractivity contribution in [3.8, 4) is 0 Å². The van der Waals surface area contributed by atoms with Crippen molar-refractivity contribution in [2.24, 2.45) is 0 Å². The Labute approximate surface area is 118 Å². The largest absolute Gasteiger partial charge is 0.396 e. The summed E-state index contributed by atoms with van der Waals surface area (Å²) in [5.74, 6) is 0.0711. The van der Waals surface area contributed by atoms with Gasteiger partial charge in [0.1, 0.15) is 0 Å². The Morgan fingerprint density at radius 2 is 1.80 bits per heavy atom. The van der Waals surface area contributed by atoms with E-state index in [-0.39, 0.29) is 12.5 Å². The number of benzene rings is 2. The summed E-state index contributed by atoms with van der Waals surface area (Å²) in [4.78, 5) is 14.3. The molecule has 0 spiro atoms. The molecule has 1 N–H and O–H groups in total. The van der Waals surface area contributed by atoms with E-state index >= 15 is 0 Å². The highest BCUT2D eigenvalue weighted by molar-refractivity contribution is 6.08. The summed E-state index contributed by atoms with van der Waals surface area (Å²) in [7, 11) is 0. The Morgan fingerprint density at radius 3 is 2.55 bits per heavy atom. The van der Waals surface area contributed by atoms with Crippen molar-refractivity contribution in [2.75, 3.05) is 18.1 Å². The first kappa shape index (κ1) is 12.9. The van der Waals surface area contributed by atoms with Gasteiger partial charge in [-0.25, -0.2) is 0 Å². The lowest BCUT2D eigenvalue weighted by molar-refractivity contribution is 0.0980. The van der Waals surface area contributed by atoms with Crippen molar-refractivity contribution in [1.82, 2.24) is 0 Å². The molecule has 2 aromatic carbocycles. The number of rotatable bonds is 3. The van der Waals surface area contributed by atoms with Crippen LogP contribution in [0.4, 0.5) is 5.69 Å². The predicted molar refractivity (Wildman–Crippen MR) is 79.1 cm³/mol. The first-order chi connectivity index (χ1) is 9.79. The number of aliphatic hydroxyl groups excluding tert-OH is 1. The smallest absolute Gasteiger partial charge is 0.258 e. The fraction of sp³-hybridized carbons (Fsp3) is 0.235. The van der Waals surface area contributed by atoms with Gasteiger partial charge in [-0.1, -0.05) is 30.3 Å². The van der Waals surface area contributed by atoms with E-state index in [4.69, 9.17) is 5.11 Å². The number of fused-ring (bicyclic) bond motifs is 1. The quantitative estimate of drug-likeness (QED) is 0.927. The summed E-state index contributed by atoms with van der Waals surface area (Å²) >= 11 is 0. The van der Waals surface area contributed by atoms with Crippen LogP contribution >= 0.6 is 0 Å². The second kappa shape index (κ2) is 5.47. The van der Waals surface area contributed by atoms with E-state index in [2.05, 4.69) is 0 Å². The number of carbonyl (C=O) groups is 1. The van der Waals surface area contributed by atoms with E-state index in [1.165, 1.54) is 0 Å². The lowest BCUT2D eigenvalue weighted by atomic mass is 9.98. The van der Waals surface area contributed by atoms with Crippen molar-refractivity contribution in [3.63, 3.8) is 0 Å². The van der Waals surface area contributed by atoms with Crippen LogP contribution in [0.1, 0.15) is 21.5 Å². The van der Waals surface area contributed by atoms with Crippen LogP contribution in [0.3, 0.4) is 0 Å². The van der Waals surface area contributed by atoms with Crippen molar-refractivity contribution >= 4 is 11.6 Å². The van der Waals surface area contributed by atoms with Crippen LogP contribution in [0, 0.1) is 0 Å². The summed E-state index contributed by atoms with van der Waals surface area (Å²) in [5, 5.41) is 8.92. The van der Waals surface area contributed by atoms with Crippen LogP contribution in [0.15, 0.2) is 48.5 Å². The van der Waals surface area contributed by atoms with E-state index in [0.29, 0.717) is 6.42 Å². The normalized spacial score (nSPS) is 14.2. The number of amides is 1. The average molecular weight is 267 g/mol. The zero-order chi connectivity index (χ0) is 13.9. The van der Waals surface area contributed by atoms with E-state index in [9.17, 15) is 4.79 Å². The maximum absolute atomic E-state index is 12.5. The zero-order valence-corrected chi connectivity index (χ0v) is 11.2. The van der Waals surface area contributed by atoms with Gasteiger partial charge in [-0.15, -0.1) is 0 Å². The fourth-order valence-corrected chi connectivity index (χ4v) is 2.64. The molecule has 0 fully saturated rings. The van der Waals surface area contributed by atoms with E-state index < -0.39 is 0 Å². The number of aliphatic hydroxyl groups is 1. The summed E-state index contributed by atoms with van der Waals surface area (Å²) in [6.07, 6.45) is 1.54. The van der Waals surface area contributed by atoms with E-state index in [0.717, 1.165) is 35.3 Å². The molecule has 1 heterocycles. The van der Waals surface area contributed by atoms with Gasteiger partial charge in [0.15, 0.2) is 0 Å².